The van der Waals surface area contributed by atoms with E-state index >= 15 is 0 Å². The van der Waals surface area contributed by atoms with E-state index in [0.717, 1.165) is 35.5 Å². The van der Waals surface area contributed by atoms with Crippen molar-refractivity contribution < 1.29 is 14.3 Å². The summed E-state index contributed by atoms with van der Waals surface area (Å²) in [6.45, 7) is 1.68. The second-order valence-corrected chi connectivity index (χ2v) is 8.16. The lowest BCUT2D eigenvalue weighted by molar-refractivity contribution is -0.108. The predicted molar refractivity (Wildman–Crippen MR) is 142 cm³/mol. The van der Waals surface area contributed by atoms with Gasteiger partial charge in [-0.25, -0.2) is 9.37 Å². The molecule has 0 amide bonds. The first-order valence-electron chi connectivity index (χ1n) is 11.4. The van der Waals surface area contributed by atoms with E-state index in [1.807, 2.05) is 42.5 Å². The quantitative estimate of drug-likeness (QED) is 0.289. The van der Waals surface area contributed by atoms with Crippen LogP contribution >= 0.6 is 0 Å². The van der Waals surface area contributed by atoms with Gasteiger partial charge in [0.1, 0.15) is 23.7 Å². The minimum Gasteiger partial charge on any atom is -0.400 e. The Hall–Kier alpha value is -4.60. The number of carbonyl (C=O) groups excluding carboxylic acids is 1. The van der Waals surface area contributed by atoms with Crippen molar-refractivity contribution in [2.24, 2.45) is 0 Å². The predicted octanol–water partition coefficient (Wildman–Crippen LogP) is 6.34. The number of hydrogen-bond acceptors (Lipinski definition) is 5. The Bertz CT molecular complexity index is 1590. The molecule has 0 aliphatic carbocycles. The molecule has 5 rings (SSSR count). The van der Waals surface area contributed by atoms with Crippen LogP contribution in [-0.2, 0) is 4.79 Å². The molecule has 178 valence electrons. The van der Waals surface area contributed by atoms with Crippen LogP contribution in [0.25, 0.3) is 44.1 Å². The zero-order chi connectivity index (χ0) is 25.7. The number of aliphatic hydroxyl groups excluding tert-OH is 1. The lowest BCUT2D eigenvalue weighted by Gasteiger charge is -2.17. The van der Waals surface area contributed by atoms with E-state index in [2.05, 4.69) is 40.6 Å². The summed E-state index contributed by atoms with van der Waals surface area (Å²) >= 11 is 0. The molecule has 0 saturated heterocycles. The van der Waals surface area contributed by atoms with Crippen LogP contribution in [0.4, 0.5) is 10.1 Å². The lowest BCUT2D eigenvalue weighted by atomic mass is 9.95. The number of benzene rings is 4. The number of anilines is 1. The number of halogens is 1. The van der Waals surface area contributed by atoms with Crippen molar-refractivity contribution in [3.05, 3.63) is 96.3 Å². The summed E-state index contributed by atoms with van der Waals surface area (Å²) in [5.74, 6) is -0.438. The Kier molecular flexibility index (Phi) is 7.33. The Morgan fingerprint density at radius 1 is 0.944 bits per heavy atom. The molecule has 0 fully saturated rings. The van der Waals surface area contributed by atoms with Gasteiger partial charge in [0.05, 0.1) is 22.9 Å². The second-order valence-electron chi connectivity index (χ2n) is 8.16. The van der Waals surface area contributed by atoms with Gasteiger partial charge in [-0.1, -0.05) is 66.7 Å². The summed E-state index contributed by atoms with van der Waals surface area (Å²) in [5.41, 5.74) is 4.61. The Morgan fingerprint density at radius 3 is 2.36 bits per heavy atom. The normalized spacial score (nSPS) is 11.3. The van der Waals surface area contributed by atoms with Crippen LogP contribution in [0, 0.1) is 17.1 Å². The van der Waals surface area contributed by atoms with Crippen molar-refractivity contribution in [3.8, 4) is 28.5 Å². The van der Waals surface area contributed by atoms with Gasteiger partial charge in [-0.3, -0.25) is 0 Å². The number of pyridine rings is 1. The van der Waals surface area contributed by atoms with Gasteiger partial charge in [0.15, 0.2) is 0 Å². The number of hydrogen-bond donors (Lipinski definition) is 2. The number of nitrogens with zero attached hydrogens (tertiary/aromatic N) is 2. The van der Waals surface area contributed by atoms with E-state index in [0.29, 0.717) is 22.3 Å². The van der Waals surface area contributed by atoms with Crippen molar-refractivity contribution in [3.63, 3.8) is 0 Å². The number of rotatable bonds is 5. The molecule has 36 heavy (non-hydrogen) atoms. The highest BCUT2D eigenvalue weighted by atomic mass is 19.1. The van der Waals surface area contributed by atoms with Gasteiger partial charge in [-0.15, -0.1) is 0 Å². The molecule has 0 bridgehead atoms. The van der Waals surface area contributed by atoms with Crippen LogP contribution in [-0.4, -0.2) is 29.5 Å². The highest BCUT2D eigenvalue weighted by Gasteiger charge is 2.18. The third-order valence-electron chi connectivity index (χ3n) is 5.89. The average Bonchev–Trinajstić information content (AvgIpc) is 2.93. The van der Waals surface area contributed by atoms with Crippen LogP contribution in [0.5, 0.6) is 0 Å². The first kappa shape index (κ1) is 24.5. The maximum absolute atomic E-state index is 14.0. The lowest BCUT2D eigenvalue weighted by Crippen LogP contribution is -2.18. The number of nitriles is 1. The number of aromatic nitrogens is 1. The summed E-state index contributed by atoms with van der Waals surface area (Å²) in [6, 6.07) is 28.2. The minimum absolute atomic E-state index is 0.268. The van der Waals surface area contributed by atoms with Crippen molar-refractivity contribution in [1.29, 1.82) is 5.26 Å². The van der Waals surface area contributed by atoms with E-state index in [4.69, 9.17) is 5.11 Å². The van der Waals surface area contributed by atoms with E-state index in [1.54, 1.807) is 13.0 Å². The van der Waals surface area contributed by atoms with Crippen LogP contribution in [0.3, 0.4) is 0 Å². The zero-order valence-corrected chi connectivity index (χ0v) is 19.9. The maximum Gasteiger partial charge on any atom is 0.141 e. The summed E-state index contributed by atoms with van der Waals surface area (Å²) in [4.78, 5) is 16.0. The van der Waals surface area contributed by atoms with Crippen LogP contribution in [0.1, 0.15) is 12.5 Å². The first-order valence-corrected chi connectivity index (χ1v) is 11.4. The van der Waals surface area contributed by atoms with Crippen molar-refractivity contribution in [1.82, 2.24) is 4.98 Å². The summed E-state index contributed by atoms with van der Waals surface area (Å²) in [5, 5.41) is 22.9. The molecule has 5 aromatic rings. The molecule has 2 N–H and O–H groups in total. The fourth-order valence-corrected chi connectivity index (χ4v) is 4.25. The fraction of sp³-hybridized carbons (Fsp3) is 0.100. The molecule has 4 aromatic carbocycles. The molecular weight excluding hydrogens is 453 g/mol. The van der Waals surface area contributed by atoms with E-state index < -0.39 is 11.9 Å². The van der Waals surface area contributed by atoms with Gasteiger partial charge in [0.25, 0.3) is 0 Å². The number of carbonyl (C=O) groups is 1. The van der Waals surface area contributed by atoms with Gasteiger partial charge in [-0.05, 0) is 47.0 Å². The molecule has 0 aliphatic heterocycles. The first-order chi connectivity index (χ1) is 17.6. The fourth-order valence-electron chi connectivity index (χ4n) is 4.25. The minimum atomic E-state index is -0.553. The third kappa shape index (κ3) is 4.65. The monoisotopic (exact) mass is 477 g/mol. The number of nitrogens with one attached hydrogen (secondary N) is 1. The van der Waals surface area contributed by atoms with Crippen molar-refractivity contribution in [2.45, 2.75) is 13.0 Å². The molecule has 0 saturated carbocycles. The van der Waals surface area contributed by atoms with Gasteiger partial charge in [0.2, 0.25) is 0 Å². The standard InChI is InChI=1S/C29H20FN3O.CH4O/c1-18(17-34)32-29-25-15-22(30)13-14-27(25)33-28(26(29)16-31)21-11-9-20(10-12-21)24-8-4-6-19-5-2-3-7-23(19)24;1-2/h2-15,17-18H,1H3,(H,32,33);2H,1H3. The second kappa shape index (κ2) is 10.8. The van der Waals surface area contributed by atoms with Crippen LogP contribution < -0.4 is 5.32 Å². The Balaban J connectivity index is 0.00000148. The molecule has 0 radical (unpaired) electrons. The topological polar surface area (TPSA) is 86.0 Å². The average molecular weight is 478 g/mol. The van der Waals surface area contributed by atoms with Crippen molar-refractivity contribution >= 4 is 33.6 Å². The molecular formula is C30H24FN3O2. The molecule has 1 aromatic heterocycles. The van der Waals surface area contributed by atoms with E-state index in [1.165, 1.54) is 17.5 Å². The third-order valence-corrected chi connectivity index (χ3v) is 5.89. The number of aliphatic hydroxyl groups is 1. The molecule has 1 heterocycles. The zero-order valence-electron chi connectivity index (χ0n) is 19.9. The maximum atomic E-state index is 14.0. The molecule has 1 unspecified atom stereocenters. The van der Waals surface area contributed by atoms with E-state index in [9.17, 15) is 14.4 Å². The Labute approximate surface area is 208 Å². The molecule has 0 aliphatic rings. The summed E-state index contributed by atoms with van der Waals surface area (Å²) in [7, 11) is 1.00. The molecule has 1 atom stereocenters. The smallest absolute Gasteiger partial charge is 0.141 e. The van der Waals surface area contributed by atoms with Crippen LogP contribution in [0.15, 0.2) is 84.9 Å². The Morgan fingerprint density at radius 2 is 1.64 bits per heavy atom. The van der Waals surface area contributed by atoms with Crippen LogP contribution in [0.2, 0.25) is 0 Å². The molecule has 0 spiro atoms. The van der Waals surface area contributed by atoms with E-state index in [-0.39, 0.29) is 5.56 Å². The highest BCUT2D eigenvalue weighted by Crippen LogP contribution is 2.36. The van der Waals surface area contributed by atoms with Crippen molar-refractivity contribution in [2.75, 3.05) is 12.4 Å². The summed E-state index contributed by atoms with van der Waals surface area (Å²) < 4.78 is 14.0. The summed E-state index contributed by atoms with van der Waals surface area (Å²) in [6.07, 6.45) is 0.741. The molecule has 5 nitrogen and oxygen atoms in total. The molecule has 6 heteroatoms. The van der Waals surface area contributed by atoms with Gasteiger partial charge in [-0.2, -0.15) is 5.26 Å². The highest BCUT2D eigenvalue weighted by molar-refractivity contribution is 5.99. The number of aldehydes is 1. The van der Waals surface area contributed by atoms with Gasteiger partial charge in [0, 0.05) is 18.1 Å². The SMILES string of the molecule is CC(C=O)Nc1c(C#N)c(-c2ccc(-c3cccc4ccccc34)cc2)nc2ccc(F)cc12.CO. The van der Waals surface area contributed by atoms with Gasteiger partial charge >= 0.3 is 0 Å². The van der Waals surface area contributed by atoms with Gasteiger partial charge < -0.3 is 15.2 Å². The number of fused-ring (bicyclic) bond motifs is 2. The largest absolute Gasteiger partial charge is 0.400 e.